The number of carbonyl (C=O) groups is 1. The first kappa shape index (κ1) is 11.8. The van der Waals surface area contributed by atoms with Crippen LogP contribution in [0.25, 0.3) is 0 Å². The third kappa shape index (κ3) is 3.40. The maximum atomic E-state index is 11.0. The maximum Gasteiger partial charge on any atom is 0.224 e. The Morgan fingerprint density at radius 3 is 2.73 bits per heavy atom. The fourth-order valence-corrected chi connectivity index (χ4v) is 1.27. The molecule has 1 amide bonds. The first-order valence-corrected chi connectivity index (χ1v) is 5.03. The van der Waals surface area contributed by atoms with E-state index in [4.69, 9.17) is 5.73 Å². The summed E-state index contributed by atoms with van der Waals surface area (Å²) in [4.78, 5) is 11.0. The summed E-state index contributed by atoms with van der Waals surface area (Å²) in [6, 6.07) is 2.05. The summed E-state index contributed by atoms with van der Waals surface area (Å²) in [6.45, 7) is 5.04. The van der Waals surface area contributed by atoms with Crippen molar-refractivity contribution in [3.8, 4) is 0 Å². The number of aryl methyl sites for hydroxylation is 1. The maximum absolute atomic E-state index is 11.0. The molecule has 84 valence electrons. The van der Waals surface area contributed by atoms with Crippen LogP contribution in [-0.4, -0.2) is 17.0 Å². The standard InChI is InChI=1S/C11H19N3O/c1-11(2,10(12)15)8-13-6-9-4-5-14(3)7-9/h4-5,7,13H,6,8H2,1-3H3,(H2,12,15). The molecule has 15 heavy (non-hydrogen) atoms. The van der Waals surface area contributed by atoms with E-state index in [0.717, 1.165) is 6.54 Å². The van der Waals surface area contributed by atoms with Gasteiger partial charge in [0.15, 0.2) is 0 Å². The number of amides is 1. The van der Waals surface area contributed by atoms with Gasteiger partial charge in [-0.2, -0.15) is 0 Å². The number of rotatable bonds is 5. The molecule has 0 saturated carbocycles. The van der Waals surface area contributed by atoms with Crippen molar-refractivity contribution in [1.29, 1.82) is 0 Å². The zero-order chi connectivity index (χ0) is 11.5. The van der Waals surface area contributed by atoms with Crippen molar-refractivity contribution in [1.82, 2.24) is 9.88 Å². The number of hydrogen-bond acceptors (Lipinski definition) is 2. The third-order valence-corrected chi connectivity index (χ3v) is 2.46. The van der Waals surface area contributed by atoms with E-state index >= 15 is 0 Å². The molecular formula is C11H19N3O. The van der Waals surface area contributed by atoms with Crippen LogP contribution in [0.5, 0.6) is 0 Å². The number of nitrogens with one attached hydrogen (secondary N) is 1. The van der Waals surface area contributed by atoms with Crippen molar-refractivity contribution in [2.45, 2.75) is 20.4 Å². The predicted octanol–water partition coefficient (Wildman–Crippen LogP) is 0.626. The van der Waals surface area contributed by atoms with Gasteiger partial charge in [0.1, 0.15) is 0 Å². The van der Waals surface area contributed by atoms with E-state index < -0.39 is 5.41 Å². The van der Waals surface area contributed by atoms with Crippen molar-refractivity contribution in [3.63, 3.8) is 0 Å². The van der Waals surface area contributed by atoms with Crippen molar-refractivity contribution < 1.29 is 4.79 Å². The van der Waals surface area contributed by atoms with Crippen LogP contribution >= 0.6 is 0 Å². The molecule has 0 fully saturated rings. The smallest absolute Gasteiger partial charge is 0.224 e. The monoisotopic (exact) mass is 209 g/mol. The van der Waals surface area contributed by atoms with Gasteiger partial charge in [-0.1, -0.05) is 0 Å². The van der Waals surface area contributed by atoms with Gasteiger partial charge in [-0.3, -0.25) is 4.79 Å². The highest BCUT2D eigenvalue weighted by atomic mass is 16.1. The Labute approximate surface area is 90.5 Å². The van der Waals surface area contributed by atoms with Crippen LogP contribution in [0.1, 0.15) is 19.4 Å². The highest BCUT2D eigenvalue weighted by Gasteiger charge is 2.23. The van der Waals surface area contributed by atoms with Gasteiger partial charge in [-0.25, -0.2) is 0 Å². The molecule has 0 spiro atoms. The molecule has 0 aliphatic heterocycles. The first-order valence-electron chi connectivity index (χ1n) is 5.03. The number of nitrogens with zero attached hydrogens (tertiary/aromatic N) is 1. The molecule has 3 N–H and O–H groups in total. The zero-order valence-electron chi connectivity index (χ0n) is 9.58. The Bertz CT molecular complexity index is 341. The summed E-state index contributed by atoms with van der Waals surface area (Å²) in [5.74, 6) is -0.275. The van der Waals surface area contributed by atoms with Crippen molar-refractivity contribution in [3.05, 3.63) is 24.0 Å². The quantitative estimate of drug-likeness (QED) is 0.747. The van der Waals surface area contributed by atoms with Gasteiger partial charge in [0, 0.05) is 32.5 Å². The molecule has 0 radical (unpaired) electrons. The lowest BCUT2D eigenvalue weighted by Gasteiger charge is -2.20. The Balaban J connectivity index is 2.36. The van der Waals surface area contributed by atoms with Crippen LogP contribution in [0.3, 0.4) is 0 Å². The van der Waals surface area contributed by atoms with Crippen LogP contribution < -0.4 is 11.1 Å². The van der Waals surface area contributed by atoms with Crippen LogP contribution in [-0.2, 0) is 18.4 Å². The molecule has 0 bridgehead atoms. The summed E-state index contributed by atoms with van der Waals surface area (Å²) in [5.41, 5.74) is 5.99. The summed E-state index contributed by atoms with van der Waals surface area (Å²) < 4.78 is 2.00. The predicted molar refractivity (Wildman–Crippen MR) is 60.1 cm³/mol. The average molecular weight is 209 g/mol. The van der Waals surface area contributed by atoms with Gasteiger partial charge >= 0.3 is 0 Å². The molecule has 0 aromatic carbocycles. The second-order valence-corrected chi connectivity index (χ2v) is 4.54. The highest BCUT2D eigenvalue weighted by Crippen LogP contribution is 2.12. The summed E-state index contributed by atoms with van der Waals surface area (Å²) in [6.07, 6.45) is 4.04. The minimum absolute atomic E-state index is 0.275. The molecule has 0 aliphatic carbocycles. The van der Waals surface area contributed by atoms with Crippen molar-refractivity contribution >= 4 is 5.91 Å². The number of hydrogen-bond donors (Lipinski definition) is 2. The van der Waals surface area contributed by atoms with Gasteiger partial charge in [-0.15, -0.1) is 0 Å². The largest absolute Gasteiger partial charge is 0.369 e. The Morgan fingerprint density at radius 2 is 2.27 bits per heavy atom. The van der Waals surface area contributed by atoms with Gasteiger partial charge in [0.2, 0.25) is 5.91 Å². The van der Waals surface area contributed by atoms with E-state index in [-0.39, 0.29) is 5.91 Å². The molecule has 1 aromatic rings. The van der Waals surface area contributed by atoms with Crippen LogP contribution in [0, 0.1) is 5.41 Å². The molecule has 1 rings (SSSR count). The molecule has 1 aromatic heterocycles. The number of nitrogens with two attached hydrogens (primary N) is 1. The first-order chi connectivity index (χ1) is 6.92. The van der Waals surface area contributed by atoms with E-state index in [0.29, 0.717) is 6.54 Å². The Kier molecular flexibility index (Phi) is 3.52. The normalized spacial score (nSPS) is 11.7. The van der Waals surface area contributed by atoms with Crippen LogP contribution in [0.2, 0.25) is 0 Å². The molecule has 0 aliphatic rings. The van der Waals surface area contributed by atoms with E-state index in [1.165, 1.54) is 5.56 Å². The fraction of sp³-hybridized carbons (Fsp3) is 0.545. The van der Waals surface area contributed by atoms with Crippen molar-refractivity contribution in [2.24, 2.45) is 18.2 Å². The fourth-order valence-electron chi connectivity index (χ4n) is 1.27. The molecule has 0 atom stereocenters. The molecule has 0 unspecified atom stereocenters. The summed E-state index contributed by atoms with van der Waals surface area (Å²) in [7, 11) is 1.98. The number of primary amides is 1. The third-order valence-electron chi connectivity index (χ3n) is 2.46. The minimum atomic E-state index is -0.491. The van der Waals surface area contributed by atoms with Gasteiger partial charge < -0.3 is 15.6 Å². The van der Waals surface area contributed by atoms with Gasteiger partial charge in [0.25, 0.3) is 0 Å². The lowest BCUT2D eigenvalue weighted by atomic mass is 9.93. The summed E-state index contributed by atoms with van der Waals surface area (Å²) in [5, 5.41) is 3.22. The lowest BCUT2D eigenvalue weighted by molar-refractivity contribution is -0.125. The molecule has 4 heteroatoms. The zero-order valence-corrected chi connectivity index (χ0v) is 9.58. The minimum Gasteiger partial charge on any atom is -0.369 e. The van der Waals surface area contributed by atoms with Crippen LogP contribution in [0.4, 0.5) is 0 Å². The number of carbonyl (C=O) groups excluding carboxylic acids is 1. The molecule has 4 nitrogen and oxygen atoms in total. The summed E-state index contributed by atoms with van der Waals surface area (Å²) >= 11 is 0. The van der Waals surface area contributed by atoms with Crippen molar-refractivity contribution in [2.75, 3.05) is 6.54 Å². The topological polar surface area (TPSA) is 60.1 Å². The van der Waals surface area contributed by atoms with Gasteiger partial charge in [-0.05, 0) is 25.5 Å². The molecule has 0 saturated heterocycles. The van der Waals surface area contributed by atoms with Gasteiger partial charge in [0.05, 0.1) is 5.41 Å². The second-order valence-electron chi connectivity index (χ2n) is 4.54. The van der Waals surface area contributed by atoms with E-state index in [9.17, 15) is 4.79 Å². The van der Waals surface area contributed by atoms with E-state index in [1.807, 2.05) is 43.9 Å². The SMILES string of the molecule is Cn1ccc(CNCC(C)(C)C(N)=O)c1. The highest BCUT2D eigenvalue weighted by molar-refractivity contribution is 5.80. The Morgan fingerprint density at radius 1 is 1.60 bits per heavy atom. The van der Waals surface area contributed by atoms with E-state index in [2.05, 4.69) is 5.32 Å². The second kappa shape index (κ2) is 4.49. The molecular weight excluding hydrogens is 190 g/mol. The van der Waals surface area contributed by atoms with Crippen LogP contribution in [0.15, 0.2) is 18.5 Å². The van der Waals surface area contributed by atoms with E-state index in [1.54, 1.807) is 0 Å². The Hall–Kier alpha value is -1.29. The number of aromatic nitrogens is 1. The average Bonchev–Trinajstić information content (AvgIpc) is 2.51. The lowest BCUT2D eigenvalue weighted by Crippen LogP contribution is -2.40. The molecule has 1 heterocycles.